The number of nitrogens with one attached hydrogen (secondary N) is 1. The van der Waals surface area contributed by atoms with Gasteiger partial charge in [0.05, 0.1) is 19.9 Å². The zero-order valence-corrected chi connectivity index (χ0v) is 18.1. The third-order valence-corrected chi connectivity index (χ3v) is 5.36. The lowest BCUT2D eigenvalue weighted by Crippen LogP contribution is -2.54. The van der Waals surface area contributed by atoms with Crippen molar-refractivity contribution >= 4 is 57.8 Å². The quantitative estimate of drug-likeness (QED) is 0.279. The van der Waals surface area contributed by atoms with Crippen LogP contribution >= 0.6 is 12.2 Å². The number of aromatic nitrogens is 1. The number of methoxy groups -OCH3 is 2. The maximum Gasteiger partial charge on any atom is 0.325 e. The topological polar surface area (TPSA) is 89.9 Å². The molecule has 2 aromatic carbocycles. The molecule has 1 aliphatic rings. The maximum absolute atomic E-state index is 13.4. The molecule has 0 unspecified atom stereocenters. The number of para-hydroxylation sites is 3. The summed E-state index contributed by atoms with van der Waals surface area (Å²) >= 11 is 5.27. The van der Waals surface area contributed by atoms with Crippen LogP contribution < -0.4 is 15.0 Å². The smallest absolute Gasteiger partial charge is 0.325 e. The van der Waals surface area contributed by atoms with Crippen molar-refractivity contribution in [3.8, 4) is 5.75 Å². The molecule has 1 aliphatic heterocycles. The van der Waals surface area contributed by atoms with Gasteiger partial charge >= 0.3 is 5.97 Å². The predicted molar refractivity (Wildman–Crippen MR) is 123 cm³/mol. The van der Waals surface area contributed by atoms with Crippen LogP contribution in [0.4, 0.5) is 5.69 Å². The van der Waals surface area contributed by atoms with Crippen LogP contribution in [0.1, 0.15) is 5.56 Å². The van der Waals surface area contributed by atoms with Gasteiger partial charge in [0.25, 0.3) is 11.8 Å². The Labute approximate surface area is 189 Å². The number of hydrogen-bond acceptors (Lipinski definition) is 6. The third-order valence-electron chi connectivity index (χ3n) is 5.07. The fourth-order valence-corrected chi connectivity index (χ4v) is 3.84. The number of nitrogens with zero attached hydrogens (tertiary/aromatic N) is 2. The number of hydrogen-bond donors (Lipinski definition) is 1. The number of rotatable bonds is 5. The van der Waals surface area contributed by atoms with Crippen LogP contribution in [0.2, 0.25) is 0 Å². The summed E-state index contributed by atoms with van der Waals surface area (Å²) in [5.41, 5.74) is 1.70. The number of carbonyl (C=O) groups is 3. The molecule has 1 saturated heterocycles. The Kier molecular flexibility index (Phi) is 5.74. The van der Waals surface area contributed by atoms with Crippen molar-refractivity contribution in [2.24, 2.45) is 0 Å². The first-order valence-corrected chi connectivity index (χ1v) is 10.0. The van der Waals surface area contributed by atoms with Crippen molar-refractivity contribution in [2.75, 3.05) is 19.1 Å². The summed E-state index contributed by atoms with van der Waals surface area (Å²) in [5.74, 6) is -1.15. The van der Waals surface area contributed by atoms with Gasteiger partial charge in [-0.25, -0.2) is 4.90 Å². The molecular weight excluding hydrogens is 430 g/mol. The Bertz CT molecular complexity index is 1290. The van der Waals surface area contributed by atoms with E-state index in [0.29, 0.717) is 17.0 Å². The van der Waals surface area contributed by atoms with Gasteiger partial charge in [0.1, 0.15) is 17.9 Å². The minimum Gasteiger partial charge on any atom is -0.495 e. The van der Waals surface area contributed by atoms with E-state index in [2.05, 4.69) is 5.32 Å². The number of anilines is 1. The Hall–Kier alpha value is -3.98. The van der Waals surface area contributed by atoms with Crippen LogP contribution in [0.3, 0.4) is 0 Å². The Balaban J connectivity index is 1.81. The van der Waals surface area contributed by atoms with Gasteiger partial charge in [0.2, 0.25) is 0 Å². The van der Waals surface area contributed by atoms with Gasteiger partial charge in [0, 0.05) is 22.7 Å². The second-order valence-corrected chi connectivity index (χ2v) is 7.32. The molecule has 0 atom stereocenters. The zero-order chi connectivity index (χ0) is 22.8. The molecule has 1 N–H and O–H groups in total. The molecule has 1 aromatic heterocycles. The highest BCUT2D eigenvalue weighted by atomic mass is 32.1. The van der Waals surface area contributed by atoms with E-state index in [1.807, 2.05) is 24.3 Å². The van der Waals surface area contributed by atoms with E-state index >= 15 is 0 Å². The molecule has 8 nitrogen and oxygen atoms in total. The molecule has 0 saturated carbocycles. The van der Waals surface area contributed by atoms with Crippen molar-refractivity contribution < 1.29 is 23.9 Å². The van der Waals surface area contributed by atoms with Gasteiger partial charge in [-0.15, -0.1) is 0 Å². The largest absolute Gasteiger partial charge is 0.495 e. The van der Waals surface area contributed by atoms with Crippen LogP contribution in [0.15, 0.2) is 60.3 Å². The molecule has 0 bridgehead atoms. The molecule has 9 heteroatoms. The third kappa shape index (κ3) is 3.74. The van der Waals surface area contributed by atoms with E-state index in [1.165, 1.54) is 25.2 Å². The average molecular weight is 449 g/mol. The highest BCUT2D eigenvalue weighted by molar-refractivity contribution is 7.80. The summed E-state index contributed by atoms with van der Waals surface area (Å²) < 4.78 is 11.8. The molecule has 0 aliphatic carbocycles. The molecule has 162 valence electrons. The molecule has 32 heavy (non-hydrogen) atoms. The average Bonchev–Trinajstić information content (AvgIpc) is 3.14. The summed E-state index contributed by atoms with van der Waals surface area (Å²) in [7, 11) is 2.80. The van der Waals surface area contributed by atoms with Gasteiger partial charge in [0.15, 0.2) is 5.11 Å². The lowest BCUT2D eigenvalue weighted by atomic mass is 10.1. The molecule has 0 radical (unpaired) electrons. The van der Waals surface area contributed by atoms with E-state index < -0.39 is 17.8 Å². The van der Waals surface area contributed by atoms with E-state index in [9.17, 15) is 14.4 Å². The van der Waals surface area contributed by atoms with Crippen molar-refractivity contribution in [3.05, 3.63) is 65.9 Å². The van der Waals surface area contributed by atoms with Gasteiger partial charge < -0.3 is 14.0 Å². The second kappa shape index (κ2) is 8.64. The number of ether oxygens (including phenoxy) is 2. The number of benzene rings is 2. The minimum atomic E-state index is -0.601. The van der Waals surface area contributed by atoms with E-state index in [4.69, 9.17) is 21.7 Å². The van der Waals surface area contributed by atoms with Crippen LogP contribution in [0.5, 0.6) is 5.75 Å². The predicted octanol–water partition coefficient (Wildman–Crippen LogP) is 2.65. The van der Waals surface area contributed by atoms with Crippen LogP contribution in [-0.2, 0) is 25.7 Å². The highest BCUT2D eigenvalue weighted by Gasteiger charge is 2.36. The fourth-order valence-electron chi connectivity index (χ4n) is 3.57. The normalized spacial score (nSPS) is 15.2. The SMILES string of the molecule is COC(=O)Cn1cc(/C=C2\C(=O)NC(=S)N(c3ccccc3OC)C2=O)c2ccccc21. The Morgan fingerprint density at radius 3 is 2.56 bits per heavy atom. The lowest BCUT2D eigenvalue weighted by Gasteiger charge is -2.29. The van der Waals surface area contributed by atoms with Gasteiger partial charge in [-0.3, -0.25) is 19.7 Å². The summed E-state index contributed by atoms with van der Waals surface area (Å²) in [4.78, 5) is 39.1. The molecule has 2 amide bonds. The number of thiocarbonyl (C=S) groups is 1. The van der Waals surface area contributed by atoms with Crippen LogP contribution in [0.25, 0.3) is 17.0 Å². The molecular formula is C23H19N3O5S. The highest BCUT2D eigenvalue weighted by Crippen LogP contribution is 2.31. The van der Waals surface area contributed by atoms with Gasteiger partial charge in [-0.05, 0) is 36.5 Å². The minimum absolute atomic E-state index is 0.00223. The first kappa shape index (κ1) is 21.3. The molecule has 4 rings (SSSR count). The van der Waals surface area contributed by atoms with E-state index in [0.717, 1.165) is 10.9 Å². The first-order valence-electron chi connectivity index (χ1n) is 9.63. The van der Waals surface area contributed by atoms with Crippen LogP contribution in [-0.4, -0.2) is 41.7 Å². The van der Waals surface area contributed by atoms with Gasteiger partial charge in [-0.1, -0.05) is 30.3 Å². The van der Waals surface area contributed by atoms with Crippen molar-refractivity contribution in [2.45, 2.75) is 6.54 Å². The second-order valence-electron chi connectivity index (χ2n) is 6.94. The Morgan fingerprint density at radius 2 is 1.81 bits per heavy atom. The van der Waals surface area contributed by atoms with Gasteiger partial charge in [-0.2, -0.15) is 0 Å². The number of esters is 1. The van der Waals surface area contributed by atoms with Crippen molar-refractivity contribution in [1.29, 1.82) is 0 Å². The summed E-state index contributed by atoms with van der Waals surface area (Å²) in [6.07, 6.45) is 3.20. The summed E-state index contributed by atoms with van der Waals surface area (Å²) in [6.45, 7) is -0.00223. The van der Waals surface area contributed by atoms with Crippen molar-refractivity contribution in [1.82, 2.24) is 9.88 Å². The zero-order valence-electron chi connectivity index (χ0n) is 17.3. The number of fused-ring (bicyclic) bond motifs is 1. The fraction of sp³-hybridized carbons (Fsp3) is 0.130. The van der Waals surface area contributed by atoms with E-state index in [1.54, 1.807) is 35.0 Å². The first-order chi connectivity index (χ1) is 15.4. The maximum atomic E-state index is 13.4. The standard InChI is InChI=1S/C23H19N3O5S/c1-30-19-10-6-5-9-18(19)26-22(29)16(21(28)24-23(26)32)11-14-12-25(13-20(27)31-2)17-8-4-3-7-15(14)17/h3-12H,13H2,1-2H3,(H,24,28,32)/b16-11+. The number of carbonyl (C=O) groups excluding carboxylic acids is 3. The molecule has 1 fully saturated rings. The molecule has 0 spiro atoms. The van der Waals surface area contributed by atoms with Crippen molar-refractivity contribution in [3.63, 3.8) is 0 Å². The monoisotopic (exact) mass is 449 g/mol. The molecule has 3 aromatic rings. The Morgan fingerprint density at radius 1 is 1.09 bits per heavy atom. The van der Waals surface area contributed by atoms with Crippen LogP contribution in [0, 0.1) is 0 Å². The molecule has 2 heterocycles. The van der Waals surface area contributed by atoms with E-state index in [-0.39, 0.29) is 17.2 Å². The lowest BCUT2D eigenvalue weighted by molar-refractivity contribution is -0.141. The summed E-state index contributed by atoms with van der Waals surface area (Å²) in [6, 6.07) is 14.3. The number of amides is 2. The summed E-state index contributed by atoms with van der Waals surface area (Å²) in [5, 5.41) is 3.32.